The van der Waals surface area contributed by atoms with Crippen molar-refractivity contribution in [3.8, 4) is 5.75 Å². The molecule has 0 amide bonds. The fourth-order valence-electron chi connectivity index (χ4n) is 2.25. The summed E-state index contributed by atoms with van der Waals surface area (Å²) in [5.74, 6) is 0.944. The standard InChI is InChI=1S/C18H23NO/c1-4-12-19-13-17-16-9-7-6-8-15(16)10-11-18(17)20-14(3)5-2/h5-11,14,19H,2,4,12-13H2,1,3H3. The van der Waals surface area contributed by atoms with Gasteiger partial charge in [0.05, 0.1) is 0 Å². The molecule has 0 aliphatic carbocycles. The second-order valence-corrected chi connectivity index (χ2v) is 5.00. The van der Waals surface area contributed by atoms with Gasteiger partial charge in [-0.05, 0) is 36.7 Å². The fraction of sp³-hybridized carbons (Fsp3) is 0.333. The van der Waals surface area contributed by atoms with E-state index in [-0.39, 0.29) is 6.10 Å². The van der Waals surface area contributed by atoms with Crippen LogP contribution in [0.4, 0.5) is 0 Å². The molecule has 1 atom stereocenters. The van der Waals surface area contributed by atoms with E-state index >= 15 is 0 Å². The topological polar surface area (TPSA) is 21.3 Å². The molecule has 0 spiro atoms. The smallest absolute Gasteiger partial charge is 0.125 e. The zero-order chi connectivity index (χ0) is 14.4. The van der Waals surface area contributed by atoms with Gasteiger partial charge >= 0.3 is 0 Å². The van der Waals surface area contributed by atoms with Crippen molar-refractivity contribution in [2.75, 3.05) is 6.54 Å². The van der Waals surface area contributed by atoms with Crippen molar-refractivity contribution < 1.29 is 4.74 Å². The molecule has 0 saturated carbocycles. The molecule has 2 heteroatoms. The number of hydrogen-bond donors (Lipinski definition) is 1. The van der Waals surface area contributed by atoms with Gasteiger partial charge in [-0.1, -0.05) is 49.9 Å². The Bertz CT molecular complexity index is 577. The predicted molar refractivity (Wildman–Crippen MR) is 86.2 cm³/mol. The molecule has 106 valence electrons. The van der Waals surface area contributed by atoms with Crippen LogP contribution < -0.4 is 10.1 Å². The maximum atomic E-state index is 5.98. The molecule has 0 aromatic heterocycles. The van der Waals surface area contributed by atoms with Crippen LogP contribution in [0.3, 0.4) is 0 Å². The molecule has 2 rings (SSSR count). The number of ether oxygens (including phenoxy) is 1. The van der Waals surface area contributed by atoms with Crippen LogP contribution in [0.15, 0.2) is 49.1 Å². The van der Waals surface area contributed by atoms with Gasteiger partial charge in [-0.15, -0.1) is 0 Å². The second-order valence-electron chi connectivity index (χ2n) is 5.00. The molecule has 0 aliphatic rings. The summed E-state index contributed by atoms with van der Waals surface area (Å²) in [6, 6.07) is 12.6. The molecule has 0 fully saturated rings. The SMILES string of the molecule is C=CC(C)Oc1ccc2ccccc2c1CNCCC. The zero-order valence-electron chi connectivity index (χ0n) is 12.4. The van der Waals surface area contributed by atoms with Gasteiger partial charge in [0, 0.05) is 12.1 Å². The third-order valence-corrected chi connectivity index (χ3v) is 3.37. The molecule has 0 aliphatic heterocycles. The summed E-state index contributed by atoms with van der Waals surface area (Å²) in [5, 5.41) is 5.97. The number of benzene rings is 2. The van der Waals surface area contributed by atoms with Crippen molar-refractivity contribution in [2.45, 2.75) is 32.9 Å². The van der Waals surface area contributed by atoms with Gasteiger partial charge in [0.15, 0.2) is 0 Å². The normalized spacial score (nSPS) is 12.3. The van der Waals surface area contributed by atoms with E-state index in [4.69, 9.17) is 4.74 Å². The van der Waals surface area contributed by atoms with Gasteiger partial charge in [-0.2, -0.15) is 0 Å². The highest BCUT2D eigenvalue weighted by atomic mass is 16.5. The molecule has 0 bridgehead atoms. The number of nitrogens with one attached hydrogen (secondary N) is 1. The lowest BCUT2D eigenvalue weighted by Gasteiger charge is -2.17. The Labute approximate surface area is 121 Å². The first kappa shape index (κ1) is 14.6. The summed E-state index contributed by atoms with van der Waals surface area (Å²) in [6.45, 7) is 9.80. The van der Waals surface area contributed by atoms with Crippen molar-refractivity contribution >= 4 is 10.8 Å². The largest absolute Gasteiger partial charge is 0.486 e. The van der Waals surface area contributed by atoms with Crippen molar-refractivity contribution in [3.05, 3.63) is 54.6 Å². The van der Waals surface area contributed by atoms with Crippen molar-refractivity contribution in [2.24, 2.45) is 0 Å². The summed E-state index contributed by atoms with van der Waals surface area (Å²) in [6.07, 6.45) is 2.96. The molecule has 20 heavy (non-hydrogen) atoms. The molecule has 0 saturated heterocycles. The van der Waals surface area contributed by atoms with E-state index < -0.39 is 0 Å². The van der Waals surface area contributed by atoms with Crippen LogP contribution in [-0.4, -0.2) is 12.6 Å². The summed E-state index contributed by atoms with van der Waals surface area (Å²) in [5.41, 5.74) is 1.23. The van der Waals surface area contributed by atoms with Gasteiger partial charge in [-0.25, -0.2) is 0 Å². The van der Waals surface area contributed by atoms with Crippen molar-refractivity contribution in [3.63, 3.8) is 0 Å². The highest BCUT2D eigenvalue weighted by Gasteiger charge is 2.10. The Morgan fingerprint density at radius 2 is 2.05 bits per heavy atom. The molecule has 2 nitrogen and oxygen atoms in total. The van der Waals surface area contributed by atoms with Crippen LogP contribution in [0.5, 0.6) is 5.75 Å². The van der Waals surface area contributed by atoms with E-state index in [1.807, 2.05) is 13.0 Å². The quantitative estimate of drug-likeness (QED) is 0.598. The molecule has 0 heterocycles. The van der Waals surface area contributed by atoms with Crippen LogP contribution in [-0.2, 0) is 6.54 Å². The van der Waals surface area contributed by atoms with E-state index in [0.717, 1.165) is 25.3 Å². The summed E-state index contributed by atoms with van der Waals surface area (Å²) < 4.78 is 5.98. The summed E-state index contributed by atoms with van der Waals surface area (Å²) in [7, 11) is 0. The monoisotopic (exact) mass is 269 g/mol. The van der Waals surface area contributed by atoms with Crippen LogP contribution in [0.2, 0.25) is 0 Å². The first-order valence-electron chi connectivity index (χ1n) is 7.26. The Morgan fingerprint density at radius 3 is 2.80 bits per heavy atom. The highest BCUT2D eigenvalue weighted by Crippen LogP contribution is 2.28. The van der Waals surface area contributed by atoms with Crippen LogP contribution in [0, 0.1) is 0 Å². The molecule has 2 aromatic rings. The second kappa shape index (κ2) is 7.11. The predicted octanol–water partition coefficient (Wildman–Crippen LogP) is 4.29. The van der Waals surface area contributed by atoms with Gasteiger partial charge < -0.3 is 10.1 Å². The van der Waals surface area contributed by atoms with E-state index in [1.54, 1.807) is 0 Å². The lowest BCUT2D eigenvalue weighted by atomic mass is 10.0. The van der Waals surface area contributed by atoms with E-state index in [1.165, 1.54) is 16.3 Å². The maximum absolute atomic E-state index is 5.98. The van der Waals surface area contributed by atoms with E-state index in [2.05, 4.69) is 55.2 Å². The number of rotatable bonds is 7. The molecule has 0 radical (unpaired) electrons. The maximum Gasteiger partial charge on any atom is 0.125 e. The minimum Gasteiger partial charge on any atom is -0.486 e. The van der Waals surface area contributed by atoms with Gasteiger partial charge in [-0.3, -0.25) is 0 Å². The number of fused-ring (bicyclic) bond motifs is 1. The Hall–Kier alpha value is -1.80. The minimum absolute atomic E-state index is 0.0149. The lowest BCUT2D eigenvalue weighted by molar-refractivity contribution is 0.267. The van der Waals surface area contributed by atoms with Gasteiger partial charge in [0.2, 0.25) is 0 Å². The van der Waals surface area contributed by atoms with E-state index in [9.17, 15) is 0 Å². The molecular weight excluding hydrogens is 246 g/mol. The highest BCUT2D eigenvalue weighted by molar-refractivity contribution is 5.87. The minimum atomic E-state index is 0.0149. The zero-order valence-corrected chi connectivity index (χ0v) is 12.4. The summed E-state index contributed by atoms with van der Waals surface area (Å²) in [4.78, 5) is 0. The fourth-order valence-corrected chi connectivity index (χ4v) is 2.25. The molecular formula is C18H23NO. The molecule has 2 aromatic carbocycles. The molecule has 1 N–H and O–H groups in total. The number of hydrogen-bond acceptors (Lipinski definition) is 2. The average molecular weight is 269 g/mol. The van der Waals surface area contributed by atoms with Crippen molar-refractivity contribution in [1.29, 1.82) is 0 Å². The van der Waals surface area contributed by atoms with Gasteiger partial charge in [0.25, 0.3) is 0 Å². The third kappa shape index (κ3) is 3.40. The van der Waals surface area contributed by atoms with E-state index in [0.29, 0.717) is 0 Å². The first-order valence-corrected chi connectivity index (χ1v) is 7.26. The Kier molecular flexibility index (Phi) is 5.19. The molecule has 1 unspecified atom stereocenters. The van der Waals surface area contributed by atoms with Crippen LogP contribution in [0.1, 0.15) is 25.8 Å². The summed E-state index contributed by atoms with van der Waals surface area (Å²) >= 11 is 0. The van der Waals surface area contributed by atoms with Crippen molar-refractivity contribution in [1.82, 2.24) is 5.32 Å². The first-order chi connectivity index (χ1) is 9.76. The third-order valence-electron chi connectivity index (χ3n) is 3.37. The van der Waals surface area contributed by atoms with Crippen LogP contribution >= 0.6 is 0 Å². The van der Waals surface area contributed by atoms with Gasteiger partial charge in [0.1, 0.15) is 11.9 Å². The lowest BCUT2D eigenvalue weighted by Crippen LogP contribution is -2.16. The van der Waals surface area contributed by atoms with Crippen LogP contribution in [0.25, 0.3) is 10.8 Å². The Morgan fingerprint density at radius 1 is 1.25 bits per heavy atom. The average Bonchev–Trinajstić information content (AvgIpc) is 2.49. The Balaban J connectivity index is 2.38.